The van der Waals surface area contributed by atoms with Crippen molar-refractivity contribution in [2.45, 2.75) is 6.04 Å². The van der Waals surface area contributed by atoms with Gasteiger partial charge in [-0.3, -0.25) is 9.59 Å². The zero-order chi connectivity index (χ0) is 13.1. The highest BCUT2D eigenvalue weighted by atomic mass is 16.5. The van der Waals surface area contributed by atoms with Crippen LogP contribution in [-0.2, 0) is 4.79 Å². The molecule has 6 heteroatoms. The number of hydrogen-bond acceptors (Lipinski definition) is 4. The van der Waals surface area contributed by atoms with E-state index in [0.29, 0.717) is 24.5 Å². The lowest BCUT2D eigenvalue weighted by Crippen LogP contribution is -2.48. The molecule has 0 radical (unpaired) electrons. The molecule has 0 saturated heterocycles. The van der Waals surface area contributed by atoms with E-state index in [9.17, 15) is 9.59 Å². The lowest BCUT2D eigenvalue weighted by molar-refractivity contribution is -0.119. The second-order valence-corrected chi connectivity index (χ2v) is 4.10. The van der Waals surface area contributed by atoms with E-state index in [1.807, 2.05) is 0 Å². The maximum atomic E-state index is 12.2. The summed E-state index contributed by atoms with van der Waals surface area (Å²) in [5.74, 6) is -0.265. The normalized spacial score (nSPS) is 16.5. The number of nitrogens with zero attached hydrogens (tertiary/aromatic N) is 1. The summed E-state index contributed by atoms with van der Waals surface area (Å²) in [7, 11) is 0. The van der Waals surface area contributed by atoms with Crippen molar-refractivity contribution in [2.75, 3.05) is 19.7 Å². The average molecular weight is 249 g/mol. The molecule has 0 bridgehead atoms. The maximum Gasteiger partial charge on any atom is 0.257 e. The topological polar surface area (TPSA) is 98.7 Å². The summed E-state index contributed by atoms with van der Waals surface area (Å²) in [6, 6.07) is 6.13. The molecule has 0 spiro atoms. The minimum Gasteiger partial charge on any atom is -0.491 e. The first-order valence-electron chi connectivity index (χ1n) is 5.65. The molecule has 0 aliphatic carbocycles. The highest BCUT2D eigenvalue weighted by Gasteiger charge is 2.25. The van der Waals surface area contributed by atoms with Crippen LogP contribution in [0.2, 0.25) is 0 Å². The van der Waals surface area contributed by atoms with Gasteiger partial charge in [-0.25, -0.2) is 0 Å². The van der Waals surface area contributed by atoms with Gasteiger partial charge in [0, 0.05) is 6.54 Å². The molecule has 0 saturated carbocycles. The number of primary amides is 1. The van der Waals surface area contributed by atoms with Gasteiger partial charge in [0.25, 0.3) is 5.91 Å². The first kappa shape index (κ1) is 12.4. The number of hydrogen-bond donors (Lipinski definition) is 2. The minimum atomic E-state index is -0.862. The zero-order valence-electron chi connectivity index (χ0n) is 9.83. The Balaban J connectivity index is 2.20. The molecule has 1 heterocycles. The van der Waals surface area contributed by atoms with Gasteiger partial charge in [-0.05, 0) is 12.1 Å². The minimum absolute atomic E-state index is 0.103. The summed E-state index contributed by atoms with van der Waals surface area (Å²) >= 11 is 0. The summed E-state index contributed by atoms with van der Waals surface area (Å²) in [4.78, 5) is 24.7. The van der Waals surface area contributed by atoms with Crippen LogP contribution in [0.4, 0.5) is 0 Å². The van der Waals surface area contributed by atoms with Crippen LogP contribution in [0.15, 0.2) is 24.3 Å². The molecule has 1 atom stereocenters. The number of carbonyl (C=O) groups excluding carboxylic acids is 2. The van der Waals surface area contributed by atoms with E-state index >= 15 is 0 Å². The first-order valence-corrected chi connectivity index (χ1v) is 5.65. The quantitative estimate of drug-likeness (QED) is 0.742. The summed E-state index contributed by atoms with van der Waals surface area (Å²) in [6.45, 7) is 0.856. The van der Waals surface area contributed by atoms with E-state index in [2.05, 4.69) is 0 Å². The predicted octanol–water partition coefficient (Wildman–Crippen LogP) is -0.666. The van der Waals surface area contributed by atoms with Crippen molar-refractivity contribution in [1.29, 1.82) is 0 Å². The standard InChI is InChI=1S/C12H15N3O3/c13-9(11(14)16)7-15-5-6-18-10-4-2-1-3-8(10)12(15)17/h1-4,9H,5-7,13H2,(H2,14,16). The van der Waals surface area contributed by atoms with Crippen LogP contribution in [0.25, 0.3) is 0 Å². The molecule has 6 nitrogen and oxygen atoms in total. The number of rotatable bonds is 3. The summed E-state index contributed by atoms with van der Waals surface area (Å²) < 4.78 is 5.47. The number of ether oxygens (including phenoxy) is 1. The molecule has 1 aliphatic heterocycles. The third-order valence-electron chi connectivity index (χ3n) is 2.81. The number of fused-ring (bicyclic) bond motifs is 1. The van der Waals surface area contributed by atoms with E-state index in [1.165, 1.54) is 4.90 Å². The van der Waals surface area contributed by atoms with E-state index in [-0.39, 0.29) is 12.5 Å². The van der Waals surface area contributed by atoms with Gasteiger partial charge in [-0.1, -0.05) is 12.1 Å². The van der Waals surface area contributed by atoms with Crippen LogP contribution >= 0.6 is 0 Å². The van der Waals surface area contributed by atoms with E-state index in [0.717, 1.165) is 0 Å². The number of nitrogens with two attached hydrogens (primary N) is 2. The van der Waals surface area contributed by atoms with Crippen LogP contribution in [0.1, 0.15) is 10.4 Å². The van der Waals surface area contributed by atoms with Crippen LogP contribution in [0.3, 0.4) is 0 Å². The fourth-order valence-electron chi connectivity index (χ4n) is 1.81. The van der Waals surface area contributed by atoms with Crippen molar-refractivity contribution in [2.24, 2.45) is 11.5 Å². The zero-order valence-corrected chi connectivity index (χ0v) is 9.83. The fraction of sp³-hybridized carbons (Fsp3) is 0.333. The molecular formula is C12H15N3O3. The third-order valence-corrected chi connectivity index (χ3v) is 2.81. The van der Waals surface area contributed by atoms with Crippen LogP contribution in [0, 0.1) is 0 Å². The average Bonchev–Trinajstić information content (AvgIpc) is 2.51. The Labute approximate surface area is 104 Å². The Morgan fingerprint density at radius 3 is 2.89 bits per heavy atom. The molecule has 2 rings (SSSR count). The lowest BCUT2D eigenvalue weighted by Gasteiger charge is -2.22. The van der Waals surface area contributed by atoms with Crippen molar-refractivity contribution in [3.63, 3.8) is 0 Å². The highest BCUT2D eigenvalue weighted by molar-refractivity contribution is 5.97. The monoisotopic (exact) mass is 249 g/mol. The van der Waals surface area contributed by atoms with E-state index in [4.69, 9.17) is 16.2 Å². The maximum absolute atomic E-state index is 12.2. The van der Waals surface area contributed by atoms with Crippen molar-refractivity contribution in [3.8, 4) is 5.75 Å². The van der Waals surface area contributed by atoms with Gasteiger partial charge in [0.2, 0.25) is 5.91 Å². The third kappa shape index (κ3) is 2.43. The van der Waals surface area contributed by atoms with Gasteiger partial charge in [-0.2, -0.15) is 0 Å². The van der Waals surface area contributed by atoms with Gasteiger partial charge < -0.3 is 21.1 Å². The van der Waals surface area contributed by atoms with Crippen molar-refractivity contribution < 1.29 is 14.3 Å². The molecule has 1 unspecified atom stereocenters. The Morgan fingerprint density at radius 1 is 1.44 bits per heavy atom. The number of carbonyl (C=O) groups is 2. The lowest BCUT2D eigenvalue weighted by atomic mass is 10.1. The first-order chi connectivity index (χ1) is 8.59. The molecule has 1 aromatic rings. The summed E-state index contributed by atoms with van der Waals surface area (Å²) in [5, 5.41) is 0. The van der Waals surface area contributed by atoms with Crippen molar-refractivity contribution in [3.05, 3.63) is 29.8 Å². The van der Waals surface area contributed by atoms with Gasteiger partial charge in [-0.15, -0.1) is 0 Å². The van der Waals surface area contributed by atoms with E-state index < -0.39 is 11.9 Å². The predicted molar refractivity (Wildman–Crippen MR) is 65.0 cm³/mol. The van der Waals surface area contributed by atoms with Gasteiger partial charge in [0.15, 0.2) is 0 Å². The smallest absolute Gasteiger partial charge is 0.257 e. The molecule has 2 amide bonds. The van der Waals surface area contributed by atoms with Gasteiger partial charge >= 0.3 is 0 Å². The largest absolute Gasteiger partial charge is 0.491 e. The molecule has 4 N–H and O–H groups in total. The number of benzene rings is 1. The molecule has 1 aliphatic rings. The molecule has 18 heavy (non-hydrogen) atoms. The highest BCUT2D eigenvalue weighted by Crippen LogP contribution is 2.22. The van der Waals surface area contributed by atoms with Gasteiger partial charge in [0.05, 0.1) is 12.1 Å². The van der Waals surface area contributed by atoms with Gasteiger partial charge in [0.1, 0.15) is 18.4 Å². The summed E-state index contributed by atoms with van der Waals surface area (Å²) in [6.07, 6.45) is 0. The van der Waals surface area contributed by atoms with Crippen LogP contribution in [0.5, 0.6) is 5.75 Å². The Kier molecular flexibility index (Phi) is 3.47. The van der Waals surface area contributed by atoms with E-state index in [1.54, 1.807) is 24.3 Å². The van der Waals surface area contributed by atoms with Crippen LogP contribution in [-0.4, -0.2) is 42.5 Å². The van der Waals surface area contributed by atoms with Crippen molar-refractivity contribution in [1.82, 2.24) is 4.90 Å². The molecule has 96 valence electrons. The van der Waals surface area contributed by atoms with Crippen molar-refractivity contribution >= 4 is 11.8 Å². The summed E-state index contributed by atoms with van der Waals surface area (Å²) in [5.41, 5.74) is 11.1. The second-order valence-electron chi connectivity index (χ2n) is 4.10. The Hall–Kier alpha value is -2.08. The molecule has 0 aromatic heterocycles. The molecule has 0 fully saturated rings. The Morgan fingerprint density at radius 2 is 2.17 bits per heavy atom. The number of amides is 2. The second kappa shape index (κ2) is 5.05. The molecule has 1 aromatic carbocycles. The fourth-order valence-corrected chi connectivity index (χ4v) is 1.81. The van der Waals surface area contributed by atoms with Crippen LogP contribution < -0.4 is 16.2 Å². The SMILES string of the molecule is NC(=O)C(N)CN1CCOc2ccccc2C1=O. The number of para-hydroxylation sites is 1. The Bertz CT molecular complexity index is 475. The molecular weight excluding hydrogens is 234 g/mol.